The molecule has 3 N–H and O–H groups in total. The number of nitrogens with zero attached hydrogens (tertiary/aromatic N) is 1. The quantitative estimate of drug-likeness (QED) is 0.805. The summed E-state index contributed by atoms with van der Waals surface area (Å²) in [5.74, 6) is -0.0884. The van der Waals surface area contributed by atoms with Crippen molar-refractivity contribution in [2.45, 2.75) is 18.9 Å². The highest BCUT2D eigenvalue weighted by molar-refractivity contribution is 6.00. The highest BCUT2D eigenvalue weighted by atomic mass is 16.5. The van der Waals surface area contributed by atoms with Crippen molar-refractivity contribution in [1.29, 1.82) is 0 Å². The van der Waals surface area contributed by atoms with Crippen LogP contribution in [0.3, 0.4) is 0 Å². The van der Waals surface area contributed by atoms with Crippen LogP contribution >= 0.6 is 0 Å². The van der Waals surface area contributed by atoms with Gasteiger partial charge in [0.2, 0.25) is 0 Å². The number of amides is 1. The third kappa shape index (κ3) is 2.98. The molecule has 1 aliphatic rings. The lowest BCUT2D eigenvalue weighted by atomic mass is 10.0. The Morgan fingerprint density at radius 1 is 1.53 bits per heavy atom. The van der Waals surface area contributed by atoms with Gasteiger partial charge >= 0.3 is 0 Å². The molecule has 0 radical (unpaired) electrons. The summed E-state index contributed by atoms with van der Waals surface area (Å²) in [5, 5.41) is 2.67. The summed E-state index contributed by atoms with van der Waals surface area (Å²) in [5.41, 5.74) is 8.07. The van der Waals surface area contributed by atoms with Gasteiger partial charge in [0.05, 0.1) is 17.4 Å². The van der Waals surface area contributed by atoms with E-state index in [2.05, 4.69) is 10.2 Å². The van der Waals surface area contributed by atoms with E-state index in [0.717, 1.165) is 31.6 Å². The molecule has 19 heavy (non-hydrogen) atoms. The number of methoxy groups -OCH3 is 1. The summed E-state index contributed by atoms with van der Waals surface area (Å²) >= 11 is 0. The molecular weight excluding hydrogens is 242 g/mol. The first-order chi connectivity index (χ1) is 9.15. The zero-order valence-corrected chi connectivity index (χ0v) is 11.5. The third-order valence-corrected chi connectivity index (χ3v) is 3.55. The topological polar surface area (TPSA) is 67.6 Å². The number of nitrogens with one attached hydrogen (secondary N) is 1. The van der Waals surface area contributed by atoms with Crippen LogP contribution in [0.2, 0.25) is 0 Å². The van der Waals surface area contributed by atoms with Crippen molar-refractivity contribution in [2.75, 3.05) is 37.9 Å². The maximum Gasteiger partial charge on any atom is 0.253 e. The van der Waals surface area contributed by atoms with Crippen LogP contribution in [-0.2, 0) is 4.74 Å². The van der Waals surface area contributed by atoms with Crippen LogP contribution in [0.15, 0.2) is 18.2 Å². The Balaban J connectivity index is 2.31. The Hall–Kier alpha value is -1.75. The maximum atomic E-state index is 11.9. The fourth-order valence-corrected chi connectivity index (χ4v) is 2.49. The lowest BCUT2D eigenvalue weighted by Gasteiger charge is -2.34. The third-order valence-electron chi connectivity index (χ3n) is 3.55. The summed E-state index contributed by atoms with van der Waals surface area (Å²) in [6.45, 7) is 1.72. The summed E-state index contributed by atoms with van der Waals surface area (Å²) in [6.07, 6.45) is 2.33. The van der Waals surface area contributed by atoms with Crippen molar-refractivity contribution in [2.24, 2.45) is 0 Å². The zero-order chi connectivity index (χ0) is 13.8. The van der Waals surface area contributed by atoms with Gasteiger partial charge in [-0.2, -0.15) is 0 Å². The lowest BCUT2D eigenvalue weighted by molar-refractivity contribution is 0.0888. The van der Waals surface area contributed by atoms with E-state index >= 15 is 0 Å². The maximum absolute atomic E-state index is 11.9. The smallest absolute Gasteiger partial charge is 0.253 e. The summed E-state index contributed by atoms with van der Waals surface area (Å²) in [7, 11) is 3.36. The minimum absolute atomic E-state index is 0.0884. The highest BCUT2D eigenvalue weighted by Crippen LogP contribution is 2.27. The van der Waals surface area contributed by atoms with Crippen molar-refractivity contribution in [3.63, 3.8) is 0 Å². The van der Waals surface area contributed by atoms with Gasteiger partial charge in [-0.15, -0.1) is 0 Å². The SMILES string of the molecule is CNC(=O)c1ccc(N)cc1N1CCCC(OC)C1. The number of hydrogen-bond acceptors (Lipinski definition) is 4. The van der Waals surface area contributed by atoms with Crippen LogP contribution in [0.1, 0.15) is 23.2 Å². The first-order valence-corrected chi connectivity index (χ1v) is 6.55. The molecule has 2 rings (SSSR count). The molecular formula is C14H21N3O2. The van der Waals surface area contributed by atoms with Gasteiger partial charge in [-0.3, -0.25) is 4.79 Å². The predicted octanol–water partition coefficient (Wildman–Crippen LogP) is 1.24. The molecule has 1 heterocycles. The lowest BCUT2D eigenvalue weighted by Crippen LogP contribution is -2.40. The van der Waals surface area contributed by atoms with Crippen molar-refractivity contribution < 1.29 is 9.53 Å². The Morgan fingerprint density at radius 3 is 3.00 bits per heavy atom. The average Bonchev–Trinajstić information content (AvgIpc) is 2.46. The number of nitrogens with two attached hydrogens (primary N) is 1. The highest BCUT2D eigenvalue weighted by Gasteiger charge is 2.23. The standard InChI is InChI=1S/C14H21N3O2/c1-16-14(18)12-6-5-10(15)8-13(12)17-7-3-4-11(9-17)19-2/h5-6,8,11H,3-4,7,9,15H2,1-2H3,(H,16,18). The first-order valence-electron chi connectivity index (χ1n) is 6.55. The fraction of sp³-hybridized carbons (Fsp3) is 0.500. The average molecular weight is 263 g/mol. The summed E-state index contributed by atoms with van der Waals surface area (Å²) in [4.78, 5) is 14.1. The van der Waals surface area contributed by atoms with Crippen molar-refractivity contribution in [3.8, 4) is 0 Å². The molecule has 1 fully saturated rings. The monoisotopic (exact) mass is 263 g/mol. The van der Waals surface area contributed by atoms with Crippen LogP contribution in [-0.4, -0.2) is 39.3 Å². The van der Waals surface area contributed by atoms with E-state index in [4.69, 9.17) is 10.5 Å². The number of nitrogen functional groups attached to an aromatic ring is 1. The zero-order valence-electron chi connectivity index (χ0n) is 11.5. The molecule has 1 atom stereocenters. The van der Waals surface area contributed by atoms with Gasteiger partial charge in [-0.05, 0) is 31.0 Å². The number of anilines is 2. The second-order valence-electron chi connectivity index (χ2n) is 4.80. The molecule has 0 aliphatic carbocycles. The van der Waals surface area contributed by atoms with E-state index in [1.807, 2.05) is 6.07 Å². The molecule has 0 bridgehead atoms. The van der Waals surface area contributed by atoms with Crippen LogP contribution in [0, 0.1) is 0 Å². The number of hydrogen-bond donors (Lipinski definition) is 2. The first kappa shape index (κ1) is 13.7. The molecule has 1 aliphatic heterocycles. The van der Waals surface area contributed by atoms with E-state index in [1.54, 1.807) is 26.3 Å². The Morgan fingerprint density at radius 2 is 2.32 bits per heavy atom. The Kier molecular flexibility index (Phi) is 4.27. The second-order valence-corrected chi connectivity index (χ2v) is 4.80. The van der Waals surface area contributed by atoms with Crippen molar-refractivity contribution in [1.82, 2.24) is 5.32 Å². The van der Waals surface area contributed by atoms with Gasteiger partial charge in [0.25, 0.3) is 5.91 Å². The van der Waals surface area contributed by atoms with Crippen molar-refractivity contribution in [3.05, 3.63) is 23.8 Å². The molecule has 1 saturated heterocycles. The largest absolute Gasteiger partial charge is 0.399 e. The molecule has 0 spiro atoms. The molecule has 0 saturated carbocycles. The second kappa shape index (κ2) is 5.93. The van der Waals surface area contributed by atoms with Gasteiger partial charge in [0.1, 0.15) is 0 Å². The molecule has 0 aromatic heterocycles. The Labute approximate surface area is 113 Å². The molecule has 1 aromatic carbocycles. The molecule has 5 heteroatoms. The number of benzene rings is 1. The summed E-state index contributed by atoms with van der Waals surface area (Å²) < 4.78 is 5.43. The minimum atomic E-state index is -0.0884. The molecule has 5 nitrogen and oxygen atoms in total. The van der Waals surface area contributed by atoms with E-state index in [-0.39, 0.29) is 12.0 Å². The molecule has 1 aromatic rings. The van der Waals surface area contributed by atoms with E-state index in [0.29, 0.717) is 11.3 Å². The van der Waals surface area contributed by atoms with Crippen molar-refractivity contribution >= 4 is 17.3 Å². The van der Waals surface area contributed by atoms with Gasteiger partial charge in [-0.25, -0.2) is 0 Å². The normalized spacial score (nSPS) is 19.3. The van der Waals surface area contributed by atoms with Gasteiger partial charge < -0.3 is 20.7 Å². The summed E-state index contributed by atoms with van der Waals surface area (Å²) in [6, 6.07) is 5.40. The fourth-order valence-electron chi connectivity index (χ4n) is 2.49. The van der Waals surface area contributed by atoms with Gasteiger partial charge in [-0.1, -0.05) is 0 Å². The molecule has 1 unspecified atom stereocenters. The number of ether oxygens (including phenoxy) is 1. The van der Waals surface area contributed by atoms with E-state index in [1.165, 1.54) is 0 Å². The molecule has 1 amide bonds. The molecule has 104 valence electrons. The van der Waals surface area contributed by atoms with E-state index < -0.39 is 0 Å². The van der Waals surface area contributed by atoms with E-state index in [9.17, 15) is 4.79 Å². The van der Waals surface area contributed by atoms with Crippen LogP contribution in [0.4, 0.5) is 11.4 Å². The van der Waals surface area contributed by atoms with Gasteiger partial charge in [0, 0.05) is 32.9 Å². The number of carbonyl (C=O) groups excluding carboxylic acids is 1. The number of piperidine rings is 1. The number of carbonyl (C=O) groups is 1. The van der Waals surface area contributed by atoms with Gasteiger partial charge in [0.15, 0.2) is 0 Å². The van der Waals surface area contributed by atoms with Crippen LogP contribution in [0.25, 0.3) is 0 Å². The predicted molar refractivity (Wildman–Crippen MR) is 76.5 cm³/mol. The Bertz CT molecular complexity index is 462. The number of rotatable bonds is 3. The minimum Gasteiger partial charge on any atom is -0.399 e. The van der Waals surface area contributed by atoms with Crippen LogP contribution in [0.5, 0.6) is 0 Å². The van der Waals surface area contributed by atoms with Crippen LogP contribution < -0.4 is 16.0 Å².